The summed E-state index contributed by atoms with van der Waals surface area (Å²) in [7, 11) is 1.85. The van der Waals surface area contributed by atoms with E-state index in [0.29, 0.717) is 19.6 Å². The van der Waals surface area contributed by atoms with E-state index in [1.807, 2.05) is 44.0 Å². The zero-order valence-corrected chi connectivity index (χ0v) is 15.9. The van der Waals surface area contributed by atoms with E-state index in [9.17, 15) is 9.59 Å². The van der Waals surface area contributed by atoms with Gasteiger partial charge in [0.15, 0.2) is 0 Å². The minimum absolute atomic E-state index is 0.00981. The number of carbonyl (C=O) groups is 2. The molecule has 1 aromatic heterocycles. The number of nitrogens with zero attached hydrogens (tertiary/aromatic N) is 3. The fraction of sp³-hybridized carbons (Fsp3) is 0.526. The third kappa shape index (κ3) is 4.00. The van der Waals surface area contributed by atoms with Crippen LogP contribution in [0, 0.1) is 11.8 Å². The third-order valence-electron chi connectivity index (χ3n) is 4.74. The number of benzene rings is 1. The van der Waals surface area contributed by atoms with E-state index in [-0.39, 0.29) is 23.7 Å². The van der Waals surface area contributed by atoms with Gasteiger partial charge in [-0.15, -0.1) is 11.3 Å². The fourth-order valence-electron chi connectivity index (χ4n) is 3.29. The first kappa shape index (κ1) is 17.9. The number of hydrogen-bond donors (Lipinski definition) is 0. The van der Waals surface area contributed by atoms with Crippen molar-refractivity contribution in [2.24, 2.45) is 11.8 Å². The molecule has 0 aliphatic carbocycles. The summed E-state index contributed by atoms with van der Waals surface area (Å²) in [5.41, 5.74) is 0.990. The van der Waals surface area contributed by atoms with Gasteiger partial charge in [0, 0.05) is 32.0 Å². The first-order valence-electron chi connectivity index (χ1n) is 8.84. The molecule has 1 aliphatic heterocycles. The van der Waals surface area contributed by atoms with Crippen molar-refractivity contribution < 1.29 is 9.59 Å². The molecule has 134 valence electrons. The number of hydrogen-bond acceptors (Lipinski definition) is 4. The number of para-hydroxylation sites is 1. The minimum atomic E-state index is 0.00981. The number of piperidine rings is 1. The molecule has 0 spiro atoms. The predicted molar refractivity (Wildman–Crippen MR) is 100 cm³/mol. The van der Waals surface area contributed by atoms with Crippen molar-refractivity contribution >= 4 is 33.4 Å². The van der Waals surface area contributed by atoms with Gasteiger partial charge in [-0.1, -0.05) is 26.0 Å². The van der Waals surface area contributed by atoms with Crippen molar-refractivity contribution in [1.29, 1.82) is 0 Å². The highest BCUT2D eigenvalue weighted by Gasteiger charge is 2.30. The second kappa shape index (κ2) is 7.52. The van der Waals surface area contributed by atoms with Crippen molar-refractivity contribution in [2.45, 2.75) is 33.2 Å². The Kier molecular flexibility index (Phi) is 5.37. The number of amides is 2. The largest absolute Gasteiger partial charge is 0.342 e. The lowest BCUT2D eigenvalue weighted by Gasteiger charge is -2.34. The van der Waals surface area contributed by atoms with Crippen LogP contribution in [0.1, 0.15) is 31.7 Å². The summed E-state index contributed by atoms with van der Waals surface area (Å²) in [5.74, 6) is 0.384. The maximum Gasteiger partial charge on any atom is 0.225 e. The van der Waals surface area contributed by atoms with Crippen molar-refractivity contribution in [3.63, 3.8) is 0 Å². The van der Waals surface area contributed by atoms with Gasteiger partial charge in [-0.25, -0.2) is 4.98 Å². The fourth-order valence-corrected chi connectivity index (χ4v) is 4.31. The van der Waals surface area contributed by atoms with Gasteiger partial charge < -0.3 is 9.80 Å². The number of aromatic nitrogens is 1. The van der Waals surface area contributed by atoms with E-state index in [2.05, 4.69) is 11.1 Å². The Balaban J connectivity index is 1.57. The van der Waals surface area contributed by atoms with Gasteiger partial charge in [-0.05, 0) is 25.0 Å². The number of rotatable bonds is 4. The van der Waals surface area contributed by atoms with E-state index < -0.39 is 0 Å². The van der Waals surface area contributed by atoms with E-state index in [4.69, 9.17) is 0 Å². The predicted octanol–water partition coefficient (Wildman–Crippen LogP) is 3.15. The molecule has 0 unspecified atom stereocenters. The molecule has 2 aromatic rings. The molecule has 1 aromatic carbocycles. The molecule has 1 fully saturated rings. The van der Waals surface area contributed by atoms with Gasteiger partial charge in [0.25, 0.3) is 0 Å². The molecule has 2 heterocycles. The molecular formula is C19H25N3O2S. The summed E-state index contributed by atoms with van der Waals surface area (Å²) < 4.78 is 1.15. The Bertz CT molecular complexity index is 730. The lowest BCUT2D eigenvalue weighted by molar-refractivity contribution is -0.141. The van der Waals surface area contributed by atoms with Gasteiger partial charge in [0.05, 0.1) is 16.8 Å². The van der Waals surface area contributed by atoms with Crippen LogP contribution in [0.25, 0.3) is 10.2 Å². The molecule has 1 aliphatic rings. The summed E-state index contributed by atoms with van der Waals surface area (Å²) >= 11 is 1.64. The third-order valence-corrected chi connectivity index (χ3v) is 5.76. The zero-order chi connectivity index (χ0) is 18.0. The van der Waals surface area contributed by atoms with Crippen LogP contribution in [0.2, 0.25) is 0 Å². The van der Waals surface area contributed by atoms with E-state index >= 15 is 0 Å². The lowest BCUT2D eigenvalue weighted by atomic mass is 9.94. The average Bonchev–Trinajstić information content (AvgIpc) is 3.02. The van der Waals surface area contributed by atoms with Crippen LogP contribution in [0.5, 0.6) is 0 Å². The second-order valence-electron chi connectivity index (χ2n) is 7.02. The van der Waals surface area contributed by atoms with Crippen LogP contribution < -0.4 is 0 Å². The van der Waals surface area contributed by atoms with Crippen molar-refractivity contribution in [3.8, 4) is 0 Å². The second-order valence-corrected chi connectivity index (χ2v) is 8.14. The molecular weight excluding hydrogens is 334 g/mol. The highest BCUT2D eigenvalue weighted by atomic mass is 32.1. The summed E-state index contributed by atoms with van der Waals surface area (Å²) in [6, 6.07) is 8.04. The molecule has 0 saturated carbocycles. The molecule has 3 rings (SSSR count). The molecule has 2 amide bonds. The number of thiazole rings is 1. The standard InChI is InChI=1S/C19H25N3O2S/c1-13(2)18(23)22-10-8-14(9-11-22)19(24)21(3)12-17-20-15-6-4-5-7-16(15)25-17/h4-7,13-14H,8-12H2,1-3H3. The molecule has 1 saturated heterocycles. The van der Waals surface area contributed by atoms with Crippen molar-refractivity contribution in [3.05, 3.63) is 29.3 Å². The Labute approximate surface area is 152 Å². The van der Waals surface area contributed by atoms with E-state index in [1.165, 1.54) is 0 Å². The van der Waals surface area contributed by atoms with Crippen LogP contribution >= 0.6 is 11.3 Å². The van der Waals surface area contributed by atoms with Crippen molar-refractivity contribution in [2.75, 3.05) is 20.1 Å². The van der Waals surface area contributed by atoms with Crippen LogP contribution in [0.3, 0.4) is 0 Å². The van der Waals surface area contributed by atoms with Gasteiger partial charge in [-0.2, -0.15) is 0 Å². The molecule has 25 heavy (non-hydrogen) atoms. The maximum atomic E-state index is 12.7. The van der Waals surface area contributed by atoms with E-state index in [1.54, 1.807) is 16.2 Å². The van der Waals surface area contributed by atoms with Crippen LogP contribution in [-0.4, -0.2) is 46.7 Å². The van der Waals surface area contributed by atoms with Crippen molar-refractivity contribution in [1.82, 2.24) is 14.8 Å². The summed E-state index contributed by atoms with van der Waals surface area (Å²) in [5, 5.41) is 0.962. The number of carbonyl (C=O) groups excluding carboxylic acids is 2. The highest BCUT2D eigenvalue weighted by Crippen LogP contribution is 2.24. The summed E-state index contributed by atoms with van der Waals surface area (Å²) in [6.45, 7) is 5.75. The van der Waals surface area contributed by atoms with Crippen LogP contribution in [0.15, 0.2) is 24.3 Å². The Morgan fingerprint density at radius 3 is 2.60 bits per heavy atom. The molecule has 5 nitrogen and oxygen atoms in total. The molecule has 0 N–H and O–H groups in total. The lowest BCUT2D eigenvalue weighted by Crippen LogP contribution is -2.44. The SMILES string of the molecule is CC(C)C(=O)N1CCC(C(=O)N(C)Cc2nc3ccccc3s2)CC1. The van der Waals surface area contributed by atoms with Gasteiger partial charge >= 0.3 is 0 Å². The van der Waals surface area contributed by atoms with Gasteiger partial charge in [0.2, 0.25) is 11.8 Å². The minimum Gasteiger partial charge on any atom is -0.342 e. The summed E-state index contributed by atoms with van der Waals surface area (Å²) in [6.07, 6.45) is 1.50. The van der Waals surface area contributed by atoms with Gasteiger partial charge in [-0.3, -0.25) is 9.59 Å². The highest BCUT2D eigenvalue weighted by molar-refractivity contribution is 7.18. The normalized spacial score (nSPS) is 15.8. The van der Waals surface area contributed by atoms with E-state index in [0.717, 1.165) is 28.1 Å². The number of fused-ring (bicyclic) bond motifs is 1. The molecule has 6 heteroatoms. The smallest absolute Gasteiger partial charge is 0.225 e. The number of likely N-dealkylation sites (tertiary alicyclic amines) is 1. The topological polar surface area (TPSA) is 53.5 Å². The zero-order valence-electron chi connectivity index (χ0n) is 15.1. The monoisotopic (exact) mass is 359 g/mol. The Morgan fingerprint density at radius 1 is 1.28 bits per heavy atom. The Hall–Kier alpha value is -1.95. The molecule has 0 bridgehead atoms. The maximum absolute atomic E-state index is 12.7. The molecule has 0 atom stereocenters. The molecule has 0 radical (unpaired) electrons. The summed E-state index contributed by atoms with van der Waals surface area (Å²) in [4.78, 5) is 33.1. The van der Waals surface area contributed by atoms with Gasteiger partial charge in [0.1, 0.15) is 5.01 Å². The quantitative estimate of drug-likeness (QED) is 0.843. The first-order valence-corrected chi connectivity index (χ1v) is 9.65. The van der Waals surface area contributed by atoms with Crippen LogP contribution in [-0.2, 0) is 16.1 Å². The average molecular weight is 359 g/mol. The first-order chi connectivity index (χ1) is 12.0. The van der Waals surface area contributed by atoms with Crippen LogP contribution in [0.4, 0.5) is 0 Å². The Morgan fingerprint density at radius 2 is 1.96 bits per heavy atom.